The highest BCUT2D eigenvalue weighted by Crippen LogP contribution is 2.32. The fourth-order valence-corrected chi connectivity index (χ4v) is 3.74. The molecular weight excluding hydrogens is 391 g/mol. The van der Waals surface area contributed by atoms with E-state index in [1.54, 1.807) is 30.0 Å². The second kappa shape index (κ2) is 8.10. The van der Waals surface area contributed by atoms with E-state index in [1.165, 1.54) is 16.7 Å². The number of halogens is 1. The van der Waals surface area contributed by atoms with Crippen LogP contribution in [0.25, 0.3) is 11.5 Å². The van der Waals surface area contributed by atoms with Crippen molar-refractivity contribution >= 4 is 5.91 Å². The first-order valence-corrected chi connectivity index (χ1v) is 9.72. The summed E-state index contributed by atoms with van der Waals surface area (Å²) in [7, 11) is 0. The van der Waals surface area contributed by atoms with Gasteiger partial charge in [0.1, 0.15) is 24.2 Å². The van der Waals surface area contributed by atoms with Crippen LogP contribution >= 0.6 is 0 Å². The molecule has 1 aliphatic heterocycles. The lowest BCUT2D eigenvalue weighted by molar-refractivity contribution is -0.136. The zero-order valence-electron chi connectivity index (χ0n) is 16.4. The fraction of sp³-hybridized carbons (Fsp3) is 0.333. The van der Waals surface area contributed by atoms with Gasteiger partial charge in [0.25, 0.3) is 11.4 Å². The molecule has 1 aliphatic rings. The Bertz CT molecular complexity index is 1140. The van der Waals surface area contributed by atoms with E-state index in [2.05, 4.69) is 10.2 Å². The molecule has 1 N–H and O–H groups in total. The van der Waals surface area contributed by atoms with Crippen molar-refractivity contribution in [2.45, 2.75) is 38.8 Å². The van der Waals surface area contributed by atoms with Crippen molar-refractivity contribution in [3.8, 4) is 17.2 Å². The SMILES string of the molecule is Cc1cc(O)cc(=O)n1CC(=O)N1CCCCC1c1nnc(-c2ccccc2F)o1. The first-order chi connectivity index (χ1) is 14.4. The summed E-state index contributed by atoms with van der Waals surface area (Å²) in [5.74, 6) is -0.556. The number of rotatable bonds is 4. The van der Waals surface area contributed by atoms with Crippen molar-refractivity contribution in [3.63, 3.8) is 0 Å². The summed E-state index contributed by atoms with van der Waals surface area (Å²) in [6.07, 6.45) is 2.33. The lowest BCUT2D eigenvalue weighted by atomic mass is 10.0. The number of aromatic hydroxyl groups is 1. The molecule has 156 valence electrons. The Kier molecular flexibility index (Phi) is 5.35. The Morgan fingerprint density at radius 2 is 2.07 bits per heavy atom. The average molecular weight is 412 g/mol. The number of nitrogens with zero attached hydrogens (tertiary/aromatic N) is 4. The van der Waals surface area contributed by atoms with E-state index in [0.717, 1.165) is 18.9 Å². The summed E-state index contributed by atoms with van der Waals surface area (Å²) in [6.45, 7) is 1.99. The van der Waals surface area contributed by atoms with E-state index >= 15 is 0 Å². The molecule has 0 bridgehead atoms. The predicted molar refractivity (Wildman–Crippen MR) is 105 cm³/mol. The summed E-state index contributed by atoms with van der Waals surface area (Å²) in [6, 6.07) is 8.19. The van der Waals surface area contributed by atoms with E-state index in [9.17, 15) is 19.1 Å². The standard InChI is InChI=1S/C21H21FN4O4/c1-13-10-14(27)11-18(28)26(13)12-19(29)25-9-5-4-8-17(25)21-24-23-20(30-21)15-6-2-3-7-16(15)22/h2-3,6-7,10-11,17,27H,4-5,8-9,12H2,1H3. The van der Waals surface area contributed by atoms with E-state index in [-0.39, 0.29) is 35.5 Å². The van der Waals surface area contributed by atoms with Gasteiger partial charge in [0.15, 0.2) is 0 Å². The minimum atomic E-state index is -0.466. The Hall–Kier alpha value is -3.49. The molecule has 1 aromatic carbocycles. The molecule has 0 aliphatic carbocycles. The molecule has 1 fully saturated rings. The second-order valence-electron chi connectivity index (χ2n) is 7.30. The van der Waals surface area contributed by atoms with Gasteiger partial charge in [-0.3, -0.25) is 9.59 Å². The summed E-state index contributed by atoms with van der Waals surface area (Å²) < 4.78 is 21.1. The molecule has 0 radical (unpaired) electrons. The van der Waals surface area contributed by atoms with E-state index in [1.807, 2.05) is 0 Å². The van der Waals surface area contributed by atoms with Crippen LogP contribution in [0.15, 0.2) is 45.6 Å². The van der Waals surface area contributed by atoms with Gasteiger partial charge in [-0.1, -0.05) is 12.1 Å². The third-order valence-corrected chi connectivity index (χ3v) is 5.27. The summed E-state index contributed by atoms with van der Waals surface area (Å²) in [5.41, 5.74) is 0.242. The quantitative estimate of drug-likeness (QED) is 0.707. The maximum atomic E-state index is 14.0. The van der Waals surface area contributed by atoms with Crippen LogP contribution in [0.2, 0.25) is 0 Å². The zero-order chi connectivity index (χ0) is 21.3. The van der Waals surface area contributed by atoms with Gasteiger partial charge >= 0.3 is 0 Å². The van der Waals surface area contributed by atoms with Crippen LogP contribution in [0.1, 0.15) is 36.9 Å². The Balaban J connectivity index is 1.59. The van der Waals surface area contributed by atoms with Crippen LogP contribution in [0, 0.1) is 12.7 Å². The van der Waals surface area contributed by atoms with Gasteiger partial charge in [-0.05, 0) is 44.4 Å². The van der Waals surface area contributed by atoms with E-state index < -0.39 is 17.4 Å². The number of piperidine rings is 1. The van der Waals surface area contributed by atoms with E-state index in [4.69, 9.17) is 4.42 Å². The summed E-state index contributed by atoms with van der Waals surface area (Å²) in [4.78, 5) is 26.8. The number of hydrogen-bond donors (Lipinski definition) is 1. The van der Waals surface area contributed by atoms with Crippen molar-refractivity contribution in [3.05, 3.63) is 64.2 Å². The number of aryl methyl sites for hydroxylation is 1. The number of pyridine rings is 1. The zero-order valence-corrected chi connectivity index (χ0v) is 16.4. The van der Waals surface area contributed by atoms with Gasteiger partial charge in [0, 0.05) is 18.3 Å². The number of benzene rings is 1. The molecule has 1 atom stereocenters. The van der Waals surface area contributed by atoms with Crippen molar-refractivity contribution in [2.24, 2.45) is 0 Å². The van der Waals surface area contributed by atoms with Gasteiger partial charge in [-0.15, -0.1) is 10.2 Å². The molecule has 9 heteroatoms. The molecule has 4 rings (SSSR count). The van der Waals surface area contributed by atoms with Crippen LogP contribution in [0.4, 0.5) is 4.39 Å². The van der Waals surface area contributed by atoms with Crippen molar-refractivity contribution in [2.75, 3.05) is 6.54 Å². The number of carbonyl (C=O) groups is 1. The maximum Gasteiger partial charge on any atom is 0.254 e. The normalized spacial score (nSPS) is 16.6. The van der Waals surface area contributed by atoms with E-state index in [0.29, 0.717) is 18.7 Å². The summed E-state index contributed by atoms with van der Waals surface area (Å²) >= 11 is 0. The Morgan fingerprint density at radius 1 is 1.27 bits per heavy atom. The first kappa shape index (κ1) is 19.8. The minimum absolute atomic E-state index is 0.0617. The van der Waals surface area contributed by atoms with Crippen LogP contribution in [-0.2, 0) is 11.3 Å². The molecule has 0 saturated carbocycles. The molecule has 1 saturated heterocycles. The molecule has 3 aromatic rings. The van der Waals surface area contributed by atoms with Crippen LogP contribution in [0.3, 0.4) is 0 Å². The molecule has 8 nitrogen and oxygen atoms in total. The largest absolute Gasteiger partial charge is 0.508 e. The Morgan fingerprint density at radius 3 is 2.83 bits per heavy atom. The van der Waals surface area contributed by atoms with Crippen molar-refractivity contribution < 1.29 is 18.7 Å². The van der Waals surface area contributed by atoms with Crippen molar-refractivity contribution in [1.82, 2.24) is 19.7 Å². The second-order valence-corrected chi connectivity index (χ2v) is 7.30. The molecule has 1 unspecified atom stereocenters. The van der Waals surface area contributed by atoms with Crippen LogP contribution in [0.5, 0.6) is 5.75 Å². The lowest BCUT2D eigenvalue weighted by Gasteiger charge is -2.33. The van der Waals surface area contributed by atoms with Crippen molar-refractivity contribution in [1.29, 1.82) is 0 Å². The fourth-order valence-electron chi connectivity index (χ4n) is 3.74. The molecule has 30 heavy (non-hydrogen) atoms. The molecule has 1 amide bonds. The van der Waals surface area contributed by atoms with Gasteiger partial charge < -0.3 is 19.0 Å². The minimum Gasteiger partial charge on any atom is -0.508 e. The smallest absolute Gasteiger partial charge is 0.254 e. The van der Waals surface area contributed by atoms with Crippen LogP contribution < -0.4 is 5.56 Å². The average Bonchev–Trinajstić information content (AvgIpc) is 3.20. The highest BCUT2D eigenvalue weighted by atomic mass is 19.1. The van der Waals surface area contributed by atoms with Gasteiger partial charge in [0.2, 0.25) is 11.8 Å². The highest BCUT2D eigenvalue weighted by Gasteiger charge is 2.32. The number of hydrogen-bond acceptors (Lipinski definition) is 6. The third-order valence-electron chi connectivity index (χ3n) is 5.27. The Labute approximate surface area is 171 Å². The molecule has 0 spiro atoms. The first-order valence-electron chi connectivity index (χ1n) is 9.72. The molecular formula is C21H21FN4O4. The topological polar surface area (TPSA) is 101 Å². The maximum absolute atomic E-state index is 14.0. The van der Waals surface area contributed by atoms with Crippen LogP contribution in [-0.4, -0.2) is 37.2 Å². The lowest BCUT2D eigenvalue weighted by Crippen LogP contribution is -2.42. The predicted octanol–water partition coefficient (Wildman–Crippen LogP) is 2.81. The van der Waals surface area contributed by atoms with Gasteiger partial charge in [0.05, 0.1) is 5.56 Å². The van der Waals surface area contributed by atoms with Gasteiger partial charge in [-0.2, -0.15) is 0 Å². The monoisotopic (exact) mass is 412 g/mol. The van der Waals surface area contributed by atoms with Gasteiger partial charge in [-0.25, -0.2) is 4.39 Å². The number of carbonyl (C=O) groups excluding carboxylic acids is 1. The molecule has 3 heterocycles. The summed E-state index contributed by atoms with van der Waals surface area (Å²) in [5, 5.41) is 17.6. The highest BCUT2D eigenvalue weighted by molar-refractivity contribution is 5.76. The number of amides is 1. The number of likely N-dealkylation sites (tertiary alicyclic amines) is 1. The number of aromatic nitrogens is 3. The third kappa shape index (κ3) is 3.83. The molecule has 2 aromatic heterocycles.